The minimum absolute atomic E-state index is 0.336. The van der Waals surface area contributed by atoms with Crippen molar-refractivity contribution in [2.45, 2.75) is 25.8 Å². The Kier molecular flexibility index (Phi) is 3.27. The summed E-state index contributed by atoms with van der Waals surface area (Å²) in [5, 5.41) is 4.35. The summed E-state index contributed by atoms with van der Waals surface area (Å²) < 4.78 is 0.877. The van der Waals surface area contributed by atoms with Crippen LogP contribution in [0, 0.1) is 6.92 Å². The number of thiophene rings is 1. The second-order valence-corrected chi connectivity index (χ2v) is 6.77. The summed E-state index contributed by atoms with van der Waals surface area (Å²) in [6, 6.07) is 8.39. The zero-order chi connectivity index (χ0) is 12.7. The minimum atomic E-state index is 0.336. The topological polar surface area (TPSA) is 12.0 Å². The average molecular weight is 298 g/mol. The van der Waals surface area contributed by atoms with E-state index in [-0.39, 0.29) is 0 Å². The van der Waals surface area contributed by atoms with Crippen molar-refractivity contribution < 1.29 is 0 Å². The second-order valence-electron chi connectivity index (χ2n) is 4.60. The zero-order valence-corrected chi connectivity index (χ0v) is 12.3. The fraction of sp³-hybridized carbons (Fsp3) is 0.286. The molecule has 4 heteroatoms. The number of hydrogen-bond acceptors (Lipinski definition) is 2. The van der Waals surface area contributed by atoms with Gasteiger partial charge in [0.05, 0.1) is 21.1 Å². The molecular weight excluding hydrogens is 285 g/mol. The number of aryl methyl sites for hydroxylation is 2. The maximum Gasteiger partial charge on any atom is 0.0934 e. The van der Waals surface area contributed by atoms with Crippen LogP contribution in [0.3, 0.4) is 0 Å². The van der Waals surface area contributed by atoms with Crippen LogP contribution in [0.5, 0.6) is 0 Å². The number of anilines is 1. The lowest BCUT2D eigenvalue weighted by atomic mass is 10.1. The number of halogens is 2. The van der Waals surface area contributed by atoms with E-state index in [1.54, 1.807) is 11.3 Å². The third-order valence-electron chi connectivity index (χ3n) is 3.39. The van der Waals surface area contributed by atoms with Crippen LogP contribution in [0.4, 0.5) is 5.69 Å². The molecule has 1 aromatic carbocycles. The van der Waals surface area contributed by atoms with E-state index in [4.69, 9.17) is 23.2 Å². The number of nitrogens with one attached hydrogen (secondary N) is 1. The van der Waals surface area contributed by atoms with E-state index in [0.29, 0.717) is 6.04 Å². The molecule has 0 aliphatic heterocycles. The highest BCUT2D eigenvalue weighted by Crippen LogP contribution is 2.42. The summed E-state index contributed by atoms with van der Waals surface area (Å²) in [4.78, 5) is 1.40. The molecule has 0 bridgehead atoms. The first-order chi connectivity index (χ1) is 8.65. The Morgan fingerprint density at radius 3 is 2.94 bits per heavy atom. The van der Waals surface area contributed by atoms with E-state index in [1.165, 1.54) is 16.0 Å². The van der Waals surface area contributed by atoms with Crippen LogP contribution in [0.25, 0.3) is 0 Å². The van der Waals surface area contributed by atoms with E-state index in [1.807, 2.05) is 12.1 Å². The molecule has 0 saturated heterocycles. The summed E-state index contributed by atoms with van der Waals surface area (Å²) in [6.07, 6.45) is 2.22. The molecule has 94 valence electrons. The van der Waals surface area contributed by atoms with E-state index >= 15 is 0 Å². The van der Waals surface area contributed by atoms with Gasteiger partial charge in [-0.2, -0.15) is 0 Å². The van der Waals surface area contributed by atoms with Gasteiger partial charge in [-0.15, -0.1) is 11.3 Å². The summed E-state index contributed by atoms with van der Waals surface area (Å²) in [5.74, 6) is 0. The quantitative estimate of drug-likeness (QED) is 0.776. The third-order valence-corrected chi connectivity index (χ3v) is 5.04. The molecule has 0 fully saturated rings. The minimum Gasteiger partial charge on any atom is -0.377 e. The van der Waals surface area contributed by atoms with Crippen molar-refractivity contribution >= 4 is 40.2 Å². The molecule has 1 nitrogen and oxygen atoms in total. The summed E-state index contributed by atoms with van der Waals surface area (Å²) in [6.45, 7) is 2.07. The van der Waals surface area contributed by atoms with Gasteiger partial charge in [0.25, 0.3) is 0 Å². The van der Waals surface area contributed by atoms with Gasteiger partial charge in [0, 0.05) is 4.88 Å². The van der Waals surface area contributed by atoms with Gasteiger partial charge in [-0.25, -0.2) is 0 Å². The lowest BCUT2D eigenvalue weighted by molar-refractivity contribution is 0.761. The van der Waals surface area contributed by atoms with Gasteiger partial charge in [-0.3, -0.25) is 0 Å². The van der Waals surface area contributed by atoms with Crippen molar-refractivity contribution in [1.29, 1.82) is 0 Å². The highest BCUT2D eigenvalue weighted by atomic mass is 35.5. The van der Waals surface area contributed by atoms with Crippen molar-refractivity contribution in [3.8, 4) is 0 Å². The Labute approximate surface area is 121 Å². The Morgan fingerprint density at radius 1 is 1.33 bits per heavy atom. The normalized spacial score (nSPS) is 17.8. The molecule has 0 saturated carbocycles. The molecule has 1 aliphatic rings. The van der Waals surface area contributed by atoms with Crippen molar-refractivity contribution in [3.05, 3.63) is 49.6 Å². The van der Waals surface area contributed by atoms with E-state index < -0.39 is 0 Å². The second kappa shape index (κ2) is 4.76. The number of hydrogen-bond donors (Lipinski definition) is 1. The smallest absolute Gasteiger partial charge is 0.0934 e. The van der Waals surface area contributed by atoms with Crippen molar-refractivity contribution in [2.75, 3.05) is 5.32 Å². The molecule has 3 rings (SSSR count). The number of fused-ring (bicyclic) bond motifs is 1. The number of para-hydroxylation sites is 1. The van der Waals surface area contributed by atoms with Crippen LogP contribution in [-0.2, 0) is 6.42 Å². The Hall–Kier alpha value is -0.700. The summed E-state index contributed by atoms with van der Waals surface area (Å²) in [5.41, 5.74) is 3.56. The van der Waals surface area contributed by atoms with Crippen LogP contribution in [0.1, 0.15) is 28.5 Å². The predicted octanol–water partition coefficient (Wildman–Crippen LogP) is 5.46. The molecule has 1 N–H and O–H groups in total. The first-order valence-electron chi connectivity index (χ1n) is 5.95. The van der Waals surface area contributed by atoms with Crippen LogP contribution in [-0.4, -0.2) is 0 Å². The molecule has 1 aromatic heterocycles. The van der Waals surface area contributed by atoms with Gasteiger partial charge in [0.15, 0.2) is 0 Å². The highest BCUT2D eigenvalue weighted by Gasteiger charge is 2.25. The molecule has 1 unspecified atom stereocenters. The molecule has 0 spiro atoms. The third kappa shape index (κ3) is 2.13. The molecular formula is C14H13Cl2NS. The maximum absolute atomic E-state index is 6.25. The predicted molar refractivity (Wildman–Crippen MR) is 80.2 cm³/mol. The Morgan fingerprint density at radius 2 is 2.17 bits per heavy atom. The van der Waals surface area contributed by atoms with Crippen molar-refractivity contribution in [3.63, 3.8) is 0 Å². The van der Waals surface area contributed by atoms with Gasteiger partial charge in [-0.1, -0.05) is 35.3 Å². The van der Waals surface area contributed by atoms with Crippen LogP contribution < -0.4 is 5.32 Å². The molecule has 0 radical (unpaired) electrons. The lowest BCUT2D eigenvalue weighted by Gasteiger charge is -2.17. The standard InChI is InChI=1S/C14H13Cl2NS/c1-8-3-2-4-10(15)14(8)17-11-5-6-12-9(11)7-13(16)18-12/h2-4,7,11,17H,5-6H2,1H3. The first-order valence-corrected chi connectivity index (χ1v) is 7.52. The molecule has 1 heterocycles. The van der Waals surface area contributed by atoms with Crippen LogP contribution in [0.15, 0.2) is 24.3 Å². The van der Waals surface area contributed by atoms with E-state index in [2.05, 4.69) is 24.4 Å². The SMILES string of the molecule is Cc1cccc(Cl)c1NC1CCc2sc(Cl)cc21. The molecule has 18 heavy (non-hydrogen) atoms. The highest BCUT2D eigenvalue weighted by molar-refractivity contribution is 7.16. The molecule has 1 atom stereocenters. The van der Waals surface area contributed by atoms with Crippen molar-refractivity contribution in [1.82, 2.24) is 0 Å². The van der Waals surface area contributed by atoms with E-state index in [9.17, 15) is 0 Å². The number of benzene rings is 1. The molecule has 1 aliphatic carbocycles. The van der Waals surface area contributed by atoms with Crippen LogP contribution in [0.2, 0.25) is 9.36 Å². The Balaban J connectivity index is 1.90. The van der Waals surface area contributed by atoms with Gasteiger partial charge >= 0.3 is 0 Å². The van der Waals surface area contributed by atoms with E-state index in [0.717, 1.165) is 27.9 Å². The average Bonchev–Trinajstić information content (AvgIpc) is 2.84. The van der Waals surface area contributed by atoms with Gasteiger partial charge in [0.2, 0.25) is 0 Å². The zero-order valence-electron chi connectivity index (χ0n) is 9.97. The largest absolute Gasteiger partial charge is 0.377 e. The summed E-state index contributed by atoms with van der Waals surface area (Å²) >= 11 is 14.0. The Bertz CT molecular complexity index is 571. The summed E-state index contributed by atoms with van der Waals surface area (Å²) in [7, 11) is 0. The number of rotatable bonds is 2. The van der Waals surface area contributed by atoms with Gasteiger partial charge in [-0.05, 0) is 43.0 Å². The van der Waals surface area contributed by atoms with Crippen molar-refractivity contribution in [2.24, 2.45) is 0 Å². The molecule has 0 amide bonds. The molecule has 2 aromatic rings. The van der Waals surface area contributed by atoms with Gasteiger partial charge < -0.3 is 5.32 Å². The first kappa shape index (κ1) is 12.3. The fourth-order valence-corrected chi connectivity index (χ4v) is 4.10. The van der Waals surface area contributed by atoms with Crippen LogP contribution >= 0.6 is 34.5 Å². The monoisotopic (exact) mass is 297 g/mol. The van der Waals surface area contributed by atoms with Gasteiger partial charge in [0.1, 0.15) is 0 Å². The lowest BCUT2D eigenvalue weighted by Crippen LogP contribution is -2.08. The maximum atomic E-state index is 6.25. The fourth-order valence-electron chi connectivity index (χ4n) is 2.47.